The normalized spacial score (nSPS) is 11.1. The Hall–Kier alpha value is -3.37. The third kappa shape index (κ3) is 2.55. The predicted molar refractivity (Wildman–Crippen MR) is 102 cm³/mol. The minimum atomic E-state index is 0.683. The van der Waals surface area contributed by atoms with Gasteiger partial charge in [0.05, 0.1) is 11.6 Å². The van der Waals surface area contributed by atoms with Crippen LogP contribution in [0.1, 0.15) is 16.7 Å². The molecule has 0 unspecified atom stereocenters. The molecule has 4 aromatic carbocycles. The van der Waals surface area contributed by atoms with Crippen LogP contribution in [0, 0.1) is 11.3 Å². The Morgan fingerprint density at radius 3 is 1.83 bits per heavy atom. The molecular formula is C23H15N. The van der Waals surface area contributed by atoms with E-state index in [9.17, 15) is 0 Å². The van der Waals surface area contributed by atoms with Crippen molar-refractivity contribution in [1.82, 2.24) is 0 Å². The SMILES string of the molecule is N#Cc1ccc(/C=C/c2c3ccccc3cc3ccccc23)cc1. The van der Waals surface area contributed by atoms with Crippen LogP contribution >= 0.6 is 0 Å². The Balaban J connectivity index is 1.89. The van der Waals surface area contributed by atoms with Crippen molar-refractivity contribution in [2.75, 3.05) is 0 Å². The lowest BCUT2D eigenvalue weighted by atomic mass is 9.96. The molecule has 0 spiro atoms. The minimum Gasteiger partial charge on any atom is -0.192 e. The van der Waals surface area contributed by atoms with E-state index in [1.807, 2.05) is 24.3 Å². The van der Waals surface area contributed by atoms with E-state index in [4.69, 9.17) is 5.26 Å². The molecule has 4 rings (SSSR count). The summed E-state index contributed by atoms with van der Waals surface area (Å²) in [6.07, 6.45) is 4.28. The number of benzene rings is 4. The molecule has 0 saturated heterocycles. The van der Waals surface area contributed by atoms with E-state index in [0.29, 0.717) is 5.56 Å². The smallest absolute Gasteiger partial charge is 0.0991 e. The zero-order chi connectivity index (χ0) is 16.4. The lowest BCUT2D eigenvalue weighted by Crippen LogP contribution is -1.83. The molecule has 0 radical (unpaired) electrons. The fraction of sp³-hybridized carbons (Fsp3) is 0. The highest BCUT2D eigenvalue weighted by molar-refractivity contribution is 6.07. The van der Waals surface area contributed by atoms with Crippen molar-refractivity contribution < 1.29 is 0 Å². The van der Waals surface area contributed by atoms with Gasteiger partial charge in [-0.2, -0.15) is 5.26 Å². The van der Waals surface area contributed by atoms with Gasteiger partial charge in [0.25, 0.3) is 0 Å². The maximum absolute atomic E-state index is 8.91. The third-order valence-electron chi connectivity index (χ3n) is 4.30. The van der Waals surface area contributed by atoms with Gasteiger partial charge in [0, 0.05) is 0 Å². The minimum absolute atomic E-state index is 0.683. The third-order valence-corrected chi connectivity index (χ3v) is 4.30. The summed E-state index contributed by atoms with van der Waals surface area (Å²) in [4.78, 5) is 0. The highest BCUT2D eigenvalue weighted by Crippen LogP contribution is 2.30. The van der Waals surface area contributed by atoms with Crippen LogP contribution in [0.5, 0.6) is 0 Å². The number of nitriles is 1. The second kappa shape index (κ2) is 6.02. The van der Waals surface area contributed by atoms with Crippen molar-refractivity contribution in [2.24, 2.45) is 0 Å². The van der Waals surface area contributed by atoms with Crippen molar-refractivity contribution in [1.29, 1.82) is 5.26 Å². The Labute approximate surface area is 141 Å². The van der Waals surface area contributed by atoms with E-state index in [0.717, 1.165) is 5.56 Å². The molecular weight excluding hydrogens is 290 g/mol. The van der Waals surface area contributed by atoms with Crippen LogP contribution in [-0.4, -0.2) is 0 Å². The molecule has 0 aliphatic carbocycles. The maximum Gasteiger partial charge on any atom is 0.0991 e. The van der Waals surface area contributed by atoms with Crippen molar-refractivity contribution in [3.05, 3.63) is 95.6 Å². The fourth-order valence-corrected chi connectivity index (χ4v) is 3.08. The van der Waals surface area contributed by atoms with E-state index < -0.39 is 0 Å². The molecule has 112 valence electrons. The topological polar surface area (TPSA) is 23.8 Å². The van der Waals surface area contributed by atoms with E-state index in [1.165, 1.54) is 27.1 Å². The zero-order valence-corrected chi connectivity index (χ0v) is 13.1. The van der Waals surface area contributed by atoms with Crippen molar-refractivity contribution in [2.45, 2.75) is 0 Å². The van der Waals surface area contributed by atoms with Crippen LogP contribution in [0.4, 0.5) is 0 Å². The number of hydrogen-bond acceptors (Lipinski definition) is 1. The van der Waals surface area contributed by atoms with Gasteiger partial charge in [-0.05, 0) is 50.9 Å². The van der Waals surface area contributed by atoms with Gasteiger partial charge < -0.3 is 0 Å². The number of fused-ring (bicyclic) bond motifs is 2. The average Bonchev–Trinajstić information content (AvgIpc) is 2.65. The highest BCUT2D eigenvalue weighted by atomic mass is 14.2. The largest absolute Gasteiger partial charge is 0.192 e. The van der Waals surface area contributed by atoms with Gasteiger partial charge >= 0.3 is 0 Å². The van der Waals surface area contributed by atoms with Crippen molar-refractivity contribution >= 4 is 33.7 Å². The van der Waals surface area contributed by atoms with Gasteiger partial charge in [-0.3, -0.25) is 0 Å². The molecule has 0 fully saturated rings. The van der Waals surface area contributed by atoms with Crippen molar-refractivity contribution in [3.8, 4) is 6.07 Å². The molecule has 0 atom stereocenters. The molecule has 0 aliphatic rings. The Bertz CT molecular complexity index is 1040. The molecule has 0 heterocycles. The Kier molecular flexibility index (Phi) is 3.57. The van der Waals surface area contributed by atoms with Gasteiger partial charge in [0.1, 0.15) is 0 Å². The van der Waals surface area contributed by atoms with E-state index >= 15 is 0 Å². The molecule has 0 saturated carbocycles. The van der Waals surface area contributed by atoms with Gasteiger partial charge in [0.2, 0.25) is 0 Å². The van der Waals surface area contributed by atoms with E-state index in [-0.39, 0.29) is 0 Å². The molecule has 24 heavy (non-hydrogen) atoms. The molecule has 0 aliphatic heterocycles. The first kappa shape index (κ1) is 14.2. The monoisotopic (exact) mass is 305 g/mol. The first-order chi connectivity index (χ1) is 11.8. The van der Waals surface area contributed by atoms with Crippen LogP contribution < -0.4 is 0 Å². The second-order valence-corrected chi connectivity index (χ2v) is 5.80. The number of rotatable bonds is 2. The fourth-order valence-electron chi connectivity index (χ4n) is 3.08. The lowest BCUT2D eigenvalue weighted by Gasteiger charge is -2.08. The van der Waals surface area contributed by atoms with E-state index in [2.05, 4.69) is 72.8 Å². The molecule has 0 bridgehead atoms. The van der Waals surface area contributed by atoms with Gasteiger partial charge in [-0.15, -0.1) is 0 Å². The Morgan fingerprint density at radius 2 is 1.25 bits per heavy atom. The van der Waals surface area contributed by atoms with Gasteiger partial charge in [0.15, 0.2) is 0 Å². The highest BCUT2D eigenvalue weighted by Gasteiger charge is 2.04. The number of nitrogens with zero attached hydrogens (tertiary/aromatic N) is 1. The average molecular weight is 305 g/mol. The summed E-state index contributed by atoms with van der Waals surface area (Å²) in [7, 11) is 0. The van der Waals surface area contributed by atoms with E-state index in [1.54, 1.807) is 0 Å². The van der Waals surface area contributed by atoms with Gasteiger partial charge in [-0.1, -0.05) is 72.8 Å². The molecule has 1 heteroatoms. The van der Waals surface area contributed by atoms with Crippen LogP contribution in [0.15, 0.2) is 78.9 Å². The summed E-state index contributed by atoms with van der Waals surface area (Å²) in [5.74, 6) is 0. The van der Waals surface area contributed by atoms with Gasteiger partial charge in [-0.25, -0.2) is 0 Å². The lowest BCUT2D eigenvalue weighted by molar-refractivity contribution is 1.48. The number of hydrogen-bond donors (Lipinski definition) is 0. The second-order valence-electron chi connectivity index (χ2n) is 5.80. The summed E-state index contributed by atoms with van der Waals surface area (Å²) < 4.78 is 0. The molecule has 1 nitrogen and oxygen atoms in total. The standard InChI is InChI=1S/C23H15N/c24-16-18-11-9-17(10-12-18)13-14-23-21-7-3-1-5-19(21)15-20-6-2-4-8-22(20)23/h1-15H/b14-13+. The summed E-state index contributed by atoms with van der Waals surface area (Å²) >= 11 is 0. The first-order valence-corrected chi connectivity index (χ1v) is 7.94. The summed E-state index contributed by atoms with van der Waals surface area (Å²) in [6.45, 7) is 0. The summed E-state index contributed by atoms with van der Waals surface area (Å²) in [5.41, 5.74) is 3.00. The summed E-state index contributed by atoms with van der Waals surface area (Å²) in [5, 5.41) is 13.9. The Morgan fingerprint density at radius 1 is 0.667 bits per heavy atom. The maximum atomic E-state index is 8.91. The zero-order valence-electron chi connectivity index (χ0n) is 13.1. The summed E-state index contributed by atoms with van der Waals surface area (Å²) in [6, 6.07) is 29.0. The van der Waals surface area contributed by atoms with Crippen LogP contribution in [-0.2, 0) is 0 Å². The van der Waals surface area contributed by atoms with Crippen molar-refractivity contribution in [3.63, 3.8) is 0 Å². The molecule has 0 amide bonds. The predicted octanol–water partition coefficient (Wildman–Crippen LogP) is 6.04. The molecule has 4 aromatic rings. The first-order valence-electron chi connectivity index (χ1n) is 7.94. The van der Waals surface area contributed by atoms with Crippen LogP contribution in [0.2, 0.25) is 0 Å². The van der Waals surface area contributed by atoms with Crippen LogP contribution in [0.25, 0.3) is 33.7 Å². The quantitative estimate of drug-likeness (QED) is 0.327. The molecule has 0 aromatic heterocycles. The molecule has 0 N–H and O–H groups in total. The van der Waals surface area contributed by atoms with Crippen LogP contribution in [0.3, 0.4) is 0 Å².